The number of ether oxygens (including phenoxy) is 2. The van der Waals surface area contributed by atoms with Gasteiger partial charge in [-0.05, 0) is 31.5 Å². The minimum Gasteiger partial charge on any atom is -0.478 e. The third kappa shape index (κ3) is 4.43. The van der Waals surface area contributed by atoms with E-state index < -0.39 is 11.8 Å². The Morgan fingerprint density at radius 1 is 1.50 bits per heavy atom. The number of carbonyl (C=O) groups is 1. The molecule has 0 amide bonds. The first-order chi connectivity index (χ1) is 8.54. The zero-order valence-electron chi connectivity index (χ0n) is 10.5. The molecule has 4 nitrogen and oxygen atoms in total. The molecule has 0 aliphatic heterocycles. The van der Waals surface area contributed by atoms with Crippen LogP contribution in [0.3, 0.4) is 0 Å². The second-order valence-corrected chi connectivity index (χ2v) is 3.89. The Hall–Kier alpha value is -1.46. The molecule has 1 atom stereocenters. The molecule has 0 bridgehead atoms. The van der Waals surface area contributed by atoms with Gasteiger partial charge >= 0.3 is 5.97 Å². The van der Waals surface area contributed by atoms with Crippen LogP contribution in [0.25, 0.3) is 0 Å². The number of aromatic carboxylic acids is 1. The molecule has 0 aromatic heterocycles. The fraction of sp³-hybridized carbons (Fsp3) is 0.462. The van der Waals surface area contributed by atoms with Gasteiger partial charge in [0.1, 0.15) is 5.82 Å². The molecule has 0 aliphatic rings. The molecule has 0 aliphatic carbocycles. The minimum atomic E-state index is -1.16. The first-order valence-corrected chi connectivity index (χ1v) is 5.75. The molecule has 1 aromatic rings. The lowest BCUT2D eigenvalue weighted by atomic mass is 10.1. The Balaban J connectivity index is 2.64. The lowest BCUT2D eigenvalue weighted by Gasteiger charge is -2.14. The van der Waals surface area contributed by atoms with Gasteiger partial charge in [-0.1, -0.05) is 6.07 Å². The van der Waals surface area contributed by atoms with Crippen LogP contribution in [0.4, 0.5) is 4.39 Å². The van der Waals surface area contributed by atoms with Gasteiger partial charge in [-0.3, -0.25) is 0 Å². The van der Waals surface area contributed by atoms with Gasteiger partial charge in [0.15, 0.2) is 0 Å². The molecule has 0 spiro atoms. The molecule has 0 saturated carbocycles. The van der Waals surface area contributed by atoms with E-state index in [1.54, 1.807) is 0 Å². The number of benzene rings is 1. The molecule has 1 unspecified atom stereocenters. The number of hydrogen-bond acceptors (Lipinski definition) is 3. The predicted molar refractivity (Wildman–Crippen MR) is 64.1 cm³/mol. The second-order valence-electron chi connectivity index (χ2n) is 3.89. The number of rotatable bonds is 7. The summed E-state index contributed by atoms with van der Waals surface area (Å²) in [6.07, 6.45) is -0.142. The SMILES string of the molecule is CCOCC(C)OCc1ccc(F)cc1C(=O)O. The molecule has 18 heavy (non-hydrogen) atoms. The fourth-order valence-electron chi connectivity index (χ4n) is 1.44. The van der Waals surface area contributed by atoms with Crippen molar-refractivity contribution >= 4 is 5.97 Å². The Kier molecular flexibility index (Phi) is 5.74. The van der Waals surface area contributed by atoms with E-state index in [2.05, 4.69) is 0 Å². The summed E-state index contributed by atoms with van der Waals surface area (Å²) in [6, 6.07) is 3.64. The molecule has 0 heterocycles. The third-order valence-electron chi connectivity index (χ3n) is 2.38. The van der Waals surface area contributed by atoms with Crippen LogP contribution in [-0.2, 0) is 16.1 Å². The highest BCUT2D eigenvalue weighted by Crippen LogP contribution is 2.13. The van der Waals surface area contributed by atoms with Crippen LogP contribution in [0, 0.1) is 5.82 Å². The number of hydrogen-bond donors (Lipinski definition) is 1. The molecule has 5 heteroatoms. The third-order valence-corrected chi connectivity index (χ3v) is 2.38. The van der Waals surface area contributed by atoms with E-state index in [9.17, 15) is 9.18 Å². The van der Waals surface area contributed by atoms with E-state index in [-0.39, 0.29) is 18.3 Å². The molecule has 100 valence electrons. The summed E-state index contributed by atoms with van der Waals surface area (Å²) in [5.74, 6) is -1.73. The van der Waals surface area contributed by atoms with E-state index in [0.29, 0.717) is 18.8 Å². The van der Waals surface area contributed by atoms with E-state index in [4.69, 9.17) is 14.6 Å². The summed E-state index contributed by atoms with van der Waals surface area (Å²) in [6.45, 7) is 4.88. The zero-order valence-corrected chi connectivity index (χ0v) is 10.5. The maximum absolute atomic E-state index is 12.9. The minimum absolute atomic E-state index is 0.0707. The van der Waals surface area contributed by atoms with Crippen molar-refractivity contribution in [1.82, 2.24) is 0 Å². The van der Waals surface area contributed by atoms with Crippen LogP contribution >= 0.6 is 0 Å². The van der Waals surface area contributed by atoms with E-state index in [0.717, 1.165) is 6.07 Å². The van der Waals surface area contributed by atoms with Crippen molar-refractivity contribution in [2.24, 2.45) is 0 Å². The first-order valence-electron chi connectivity index (χ1n) is 5.75. The number of halogens is 1. The van der Waals surface area contributed by atoms with Crippen LogP contribution in [0.15, 0.2) is 18.2 Å². The van der Waals surface area contributed by atoms with Gasteiger partial charge in [-0.15, -0.1) is 0 Å². The maximum Gasteiger partial charge on any atom is 0.336 e. The van der Waals surface area contributed by atoms with Gasteiger partial charge in [0.2, 0.25) is 0 Å². The highest BCUT2D eigenvalue weighted by Gasteiger charge is 2.12. The van der Waals surface area contributed by atoms with Crippen molar-refractivity contribution in [3.8, 4) is 0 Å². The molecular weight excluding hydrogens is 239 g/mol. The van der Waals surface area contributed by atoms with Crippen molar-refractivity contribution in [3.05, 3.63) is 35.1 Å². The fourth-order valence-corrected chi connectivity index (χ4v) is 1.44. The van der Waals surface area contributed by atoms with Crippen molar-refractivity contribution in [2.45, 2.75) is 26.6 Å². The van der Waals surface area contributed by atoms with Crippen molar-refractivity contribution < 1.29 is 23.8 Å². The van der Waals surface area contributed by atoms with E-state index >= 15 is 0 Å². The second kappa shape index (κ2) is 7.08. The quantitative estimate of drug-likeness (QED) is 0.814. The molecule has 0 fully saturated rings. The van der Waals surface area contributed by atoms with Crippen LogP contribution in [-0.4, -0.2) is 30.4 Å². The smallest absolute Gasteiger partial charge is 0.336 e. The predicted octanol–water partition coefficient (Wildman–Crippen LogP) is 2.47. The Morgan fingerprint density at radius 2 is 2.22 bits per heavy atom. The van der Waals surface area contributed by atoms with E-state index in [1.165, 1.54) is 12.1 Å². The lowest BCUT2D eigenvalue weighted by Crippen LogP contribution is -2.16. The first kappa shape index (κ1) is 14.6. The van der Waals surface area contributed by atoms with Crippen LogP contribution in [0.2, 0.25) is 0 Å². The summed E-state index contributed by atoms with van der Waals surface area (Å²) < 4.78 is 23.6. The molecule has 1 aromatic carbocycles. The van der Waals surface area contributed by atoms with Gasteiger partial charge in [-0.25, -0.2) is 9.18 Å². The Morgan fingerprint density at radius 3 is 2.83 bits per heavy atom. The van der Waals surface area contributed by atoms with Gasteiger partial charge in [0, 0.05) is 6.61 Å². The largest absolute Gasteiger partial charge is 0.478 e. The number of carboxylic acids is 1. The molecule has 1 N–H and O–H groups in total. The Bertz CT molecular complexity index is 406. The molecule has 1 rings (SSSR count). The normalized spacial score (nSPS) is 12.4. The average molecular weight is 256 g/mol. The van der Waals surface area contributed by atoms with Gasteiger partial charge < -0.3 is 14.6 Å². The van der Waals surface area contributed by atoms with Crippen molar-refractivity contribution in [3.63, 3.8) is 0 Å². The van der Waals surface area contributed by atoms with Crippen LogP contribution in [0.1, 0.15) is 29.8 Å². The summed E-state index contributed by atoms with van der Waals surface area (Å²) in [7, 11) is 0. The van der Waals surface area contributed by atoms with Crippen LogP contribution in [0.5, 0.6) is 0 Å². The maximum atomic E-state index is 12.9. The highest BCUT2D eigenvalue weighted by molar-refractivity contribution is 5.89. The summed E-state index contributed by atoms with van der Waals surface area (Å²) in [4.78, 5) is 10.9. The van der Waals surface area contributed by atoms with E-state index in [1.807, 2.05) is 13.8 Å². The summed E-state index contributed by atoms with van der Waals surface area (Å²) in [5.41, 5.74) is 0.380. The van der Waals surface area contributed by atoms with Crippen molar-refractivity contribution in [1.29, 1.82) is 0 Å². The molecule has 0 saturated heterocycles. The van der Waals surface area contributed by atoms with Gasteiger partial charge in [0.25, 0.3) is 0 Å². The van der Waals surface area contributed by atoms with Crippen LogP contribution < -0.4 is 0 Å². The topological polar surface area (TPSA) is 55.8 Å². The molecular formula is C13H17FO4. The standard InChI is InChI=1S/C13H17FO4/c1-3-17-7-9(2)18-8-10-4-5-11(14)6-12(10)13(15)16/h4-6,9H,3,7-8H2,1-2H3,(H,15,16). The van der Waals surface area contributed by atoms with Gasteiger partial charge in [-0.2, -0.15) is 0 Å². The lowest BCUT2D eigenvalue weighted by molar-refractivity contribution is -0.0119. The zero-order chi connectivity index (χ0) is 13.5. The highest BCUT2D eigenvalue weighted by atomic mass is 19.1. The number of carboxylic acid groups (broad SMARTS) is 1. The monoisotopic (exact) mass is 256 g/mol. The summed E-state index contributed by atoms with van der Waals surface area (Å²) in [5, 5.41) is 8.95. The average Bonchev–Trinajstić information content (AvgIpc) is 2.34. The Labute approximate surface area is 105 Å². The molecule has 0 radical (unpaired) electrons. The van der Waals surface area contributed by atoms with Crippen molar-refractivity contribution in [2.75, 3.05) is 13.2 Å². The summed E-state index contributed by atoms with van der Waals surface area (Å²) >= 11 is 0. The van der Waals surface area contributed by atoms with Gasteiger partial charge in [0.05, 0.1) is 24.9 Å².